The molecule has 4 saturated carbocycles. The molecule has 1 amide bonds. The maximum atomic E-state index is 14.0. The fourth-order valence-corrected chi connectivity index (χ4v) is 6.81. The maximum absolute atomic E-state index is 14.0. The Hall–Kier alpha value is -1.38. The van der Waals surface area contributed by atoms with Crippen molar-refractivity contribution in [2.24, 2.45) is 0 Å². The number of carbonyl (C=O) groups is 2. The lowest BCUT2D eigenvalue weighted by molar-refractivity contribution is -0.725. The second-order valence-corrected chi connectivity index (χ2v) is 11.7. The van der Waals surface area contributed by atoms with Crippen molar-refractivity contribution in [2.75, 3.05) is 0 Å². The maximum Gasteiger partial charge on any atom is 0.392 e. The molecule has 4 fully saturated rings. The van der Waals surface area contributed by atoms with Gasteiger partial charge in [-0.1, -0.05) is 51.4 Å². The van der Waals surface area contributed by atoms with E-state index >= 15 is 0 Å². The lowest BCUT2D eigenvalue weighted by Gasteiger charge is -2.43. The van der Waals surface area contributed by atoms with Gasteiger partial charge in [0.05, 0.1) is 12.1 Å². The summed E-state index contributed by atoms with van der Waals surface area (Å²) in [6.45, 7) is 0. The van der Waals surface area contributed by atoms with Crippen molar-refractivity contribution in [2.45, 2.75) is 164 Å². The zero-order chi connectivity index (χ0) is 26.9. The second-order valence-electron chi connectivity index (χ2n) is 11.7. The number of nitrogens with zero attached hydrogens (tertiary/aromatic N) is 1. The summed E-state index contributed by atoms with van der Waals surface area (Å²) in [5.41, 5.74) is 0. The number of nitrogens with two attached hydrogens (primary N) is 1. The van der Waals surface area contributed by atoms with Gasteiger partial charge in [-0.2, -0.15) is 17.6 Å². The molecule has 4 aliphatic carbocycles. The van der Waals surface area contributed by atoms with Crippen LogP contribution in [0.4, 0.5) is 17.6 Å². The van der Waals surface area contributed by atoms with Crippen LogP contribution < -0.4 is 10.4 Å². The molecule has 0 aromatic heterocycles. The van der Waals surface area contributed by atoms with Crippen molar-refractivity contribution >= 4 is 11.9 Å². The quantitative estimate of drug-likeness (QED) is 0.481. The largest absolute Gasteiger partial charge is 0.544 e. The molecule has 0 unspecified atom stereocenters. The highest BCUT2D eigenvalue weighted by Crippen LogP contribution is 2.39. The molecule has 0 heterocycles. The Labute approximate surface area is 219 Å². The number of aliphatic carboxylic acids is 1. The van der Waals surface area contributed by atoms with Gasteiger partial charge in [0.15, 0.2) is 0 Å². The molecular weight excluding hydrogens is 488 g/mol. The highest BCUT2D eigenvalue weighted by atomic mass is 19.3. The van der Waals surface area contributed by atoms with Gasteiger partial charge in [-0.25, -0.2) is 0 Å². The summed E-state index contributed by atoms with van der Waals surface area (Å²) in [5, 5.41) is 13.2. The third-order valence-electron chi connectivity index (χ3n) is 8.93. The first-order chi connectivity index (χ1) is 17.6. The van der Waals surface area contributed by atoms with E-state index in [4.69, 9.17) is 0 Å². The molecule has 9 heteroatoms. The third kappa shape index (κ3) is 8.06. The minimum atomic E-state index is -5.52. The van der Waals surface area contributed by atoms with Crippen LogP contribution in [-0.4, -0.2) is 52.8 Å². The molecule has 37 heavy (non-hydrogen) atoms. The highest BCUT2D eigenvalue weighted by Gasteiger charge is 2.65. The summed E-state index contributed by atoms with van der Waals surface area (Å²) in [6, 6.07) is 0.934. The average Bonchev–Trinajstić information content (AvgIpc) is 2.91. The molecule has 4 aliphatic rings. The molecule has 5 nitrogen and oxygen atoms in total. The van der Waals surface area contributed by atoms with Crippen LogP contribution >= 0.6 is 0 Å². The van der Waals surface area contributed by atoms with E-state index in [1.165, 1.54) is 64.2 Å². The van der Waals surface area contributed by atoms with E-state index in [-0.39, 0.29) is 0 Å². The Morgan fingerprint density at radius 3 is 1.22 bits per heavy atom. The molecule has 4 rings (SSSR count). The van der Waals surface area contributed by atoms with Gasteiger partial charge in [-0.3, -0.25) is 4.79 Å². The van der Waals surface area contributed by atoms with Gasteiger partial charge < -0.3 is 20.1 Å². The highest BCUT2D eigenvalue weighted by molar-refractivity contribution is 5.92. The summed E-state index contributed by atoms with van der Waals surface area (Å²) in [4.78, 5) is 23.6. The monoisotopic (exact) mass is 534 g/mol. The van der Waals surface area contributed by atoms with Crippen molar-refractivity contribution in [3.63, 3.8) is 0 Å². The Kier molecular flexibility index (Phi) is 11.5. The first kappa shape index (κ1) is 30.2. The van der Waals surface area contributed by atoms with Crippen LogP contribution in [0.3, 0.4) is 0 Å². The molecular formula is C28H46F4N2O3. The van der Waals surface area contributed by atoms with Crippen LogP contribution in [0.1, 0.15) is 128 Å². The zero-order valence-corrected chi connectivity index (χ0v) is 22.2. The molecule has 0 saturated heterocycles. The number of amides is 1. The molecule has 0 aliphatic heterocycles. The lowest BCUT2D eigenvalue weighted by Crippen LogP contribution is -2.95. The van der Waals surface area contributed by atoms with Crippen LogP contribution in [0.25, 0.3) is 0 Å². The summed E-state index contributed by atoms with van der Waals surface area (Å²) in [5.74, 6) is -16.1. The number of alkyl halides is 4. The predicted octanol–water partition coefficient (Wildman–Crippen LogP) is 4.72. The lowest BCUT2D eigenvalue weighted by atomic mass is 9.88. The van der Waals surface area contributed by atoms with Gasteiger partial charge in [0.25, 0.3) is 0 Å². The van der Waals surface area contributed by atoms with E-state index < -0.39 is 35.8 Å². The van der Waals surface area contributed by atoms with Gasteiger partial charge in [0.1, 0.15) is 5.97 Å². The summed E-state index contributed by atoms with van der Waals surface area (Å²) < 4.78 is 54.9. The molecule has 0 radical (unpaired) electrons. The number of halogens is 4. The van der Waals surface area contributed by atoms with Crippen molar-refractivity contribution in [1.82, 2.24) is 4.90 Å². The Bertz CT molecular complexity index is 678. The van der Waals surface area contributed by atoms with Gasteiger partial charge in [-0.05, 0) is 77.0 Å². The number of carboxylic acids is 1. The summed E-state index contributed by atoms with van der Waals surface area (Å²) in [6.07, 6.45) is 21.7. The van der Waals surface area contributed by atoms with Crippen LogP contribution in [0.15, 0.2) is 0 Å². The van der Waals surface area contributed by atoms with Crippen molar-refractivity contribution < 1.29 is 37.6 Å². The standard InChI is InChI=1S/C16H23F4NO3.C12H23N/c17-15(18,16(19,20)14(23)24)13(22)21(11-7-3-1-4-8-11)12-9-5-2-6-10-12;1-3-7-11(8-4-1)13-12-9-5-2-6-10-12/h11-12H,1-10H2,(H,23,24);11-13H,1-10H2. The number of carboxylic acid groups (broad SMARTS) is 1. The van der Waals surface area contributed by atoms with E-state index in [0.717, 1.165) is 55.5 Å². The number of quaternary nitrogens is 1. The van der Waals surface area contributed by atoms with Crippen LogP contribution in [0.2, 0.25) is 0 Å². The zero-order valence-electron chi connectivity index (χ0n) is 22.2. The fraction of sp³-hybridized carbons (Fsp3) is 0.929. The molecule has 0 aromatic carbocycles. The Morgan fingerprint density at radius 2 is 0.892 bits per heavy atom. The SMILES string of the molecule is C1CCC([NH2+]C2CCCCC2)CC1.O=C([O-])C(F)(F)C(F)(F)C(=O)N(C1CCCCC1)C1CCCCC1. The normalized spacial score (nSPS) is 23.7. The average molecular weight is 535 g/mol. The minimum absolute atomic E-state index is 0.481. The van der Waals surface area contributed by atoms with E-state index in [9.17, 15) is 32.3 Å². The molecule has 0 aromatic rings. The minimum Gasteiger partial charge on any atom is -0.544 e. The van der Waals surface area contributed by atoms with E-state index in [2.05, 4.69) is 5.32 Å². The first-order valence-corrected chi connectivity index (χ1v) is 14.8. The number of carbonyl (C=O) groups excluding carboxylic acids is 2. The third-order valence-corrected chi connectivity index (χ3v) is 8.93. The van der Waals surface area contributed by atoms with Crippen LogP contribution in [0, 0.1) is 0 Å². The topological polar surface area (TPSA) is 77.0 Å². The van der Waals surface area contributed by atoms with E-state index in [0.29, 0.717) is 25.7 Å². The number of hydrogen-bond donors (Lipinski definition) is 1. The van der Waals surface area contributed by atoms with Crippen LogP contribution in [-0.2, 0) is 9.59 Å². The molecule has 2 N–H and O–H groups in total. The van der Waals surface area contributed by atoms with Crippen molar-refractivity contribution in [3.8, 4) is 0 Å². The number of rotatable bonds is 7. The summed E-state index contributed by atoms with van der Waals surface area (Å²) >= 11 is 0. The Balaban J connectivity index is 0.000000244. The molecule has 0 atom stereocenters. The second kappa shape index (κ2) is 14.1. The van der Waals surface area contributed by atoms with Gasteiger partial charge in [0.2, 0.25) is 0 Å². The van der Waals surface area contributed by atoms with Crippen LogP contribution in [0.5, 0.6) is 0 Å². The molecule has 0 bridgehead atoms. The van der Waals surface area contributed by atoms with E-state index in [1.54, 1.807) is 0 Å². The predicted molar refractivity (Wildman–Crippen MR) is 131 cm³/mol. The van der Waals surface area contributed by atoms with Gasteiger partial charge in [-0.15, -0.1) is 0 Å². The summed E-state index contributed by atoms with van der Waals surface area (Å²) in [7, 11) is 0. The first-order valence-electron chi connectivity index (χ1n) is 14.8. The smallest absolute Gasteiger partial charge is 0.392 e. The fourth-order valence-electron chi connectivity index (χ4n) is 6.81. The van der Waals surface area contributed by atoms with Crippen molar-refractivity contribution in [1.29, 1.82) is 0 Å². The van der Waals surface area contributed by atoms with E-state index in [1.807, 2.05) is 0 Å². The van der Waals surface area contributed by atoms with Crippen molar-refractivity contribution in [3.05, 3.63) is 0 Å². The van der Waals surface area contributed by atoms with Gasteiger partial charge >= 0.3 is 17.8 Å². The van der Waals surface area contributed by atoms with Gasteiger partial charge in [0, 0.05) is 12.1 Å². The molecule has 0 spiro atoms. The number of hydrogen-bond acceptors (Lipinski definition) is 3. The molecule has 214 valence electrons. The Morgan fingerprint density at radius 1 is 0.568 bits per heavy atom.